The van der Waals surface area contributed by atoms with Gasteiger partial charge in [0.25, 0.3) is 0 Å². The molecular formula is C10H7F2N3. The summed E-state index contributed by atoms with van der Waals surface area (Å²) in [6.07, 6.45) is 1.40. The Morgan fingerprint density at radius 1 is 1.40 bits per heavy atom. The molecule has 0 aliphatic heterocycles. The van der Waals surface area contributed by atoms with Gasteiger partial charge in [-0.15, -0.1) is 0 Å². The van der Waals surface area contributed by atoms with Gasteiger partial charge in [0.15, 0.2) is 11.6 Å². The van der Waals surface area contributed by atoms with E-state index in [-0.39, 0.29) is 0 Å². The van der Waals surface area contributed by atoms with E-state index in [1.807, 2.05) is 6.07 Å². The van der Waals surface area contributed by atoms with E-state index in [9.17, 15) is 8.78 Å². The molecule has 76 valence electrons. The molecule has 0 saturated heterocycles. The van der Waals surface area contributed by atoms with E-state index in [1.165, 1.54) is 10.9 Å². The molecule has 0 radical (unpaired) electrons. The largest absolute Gasteiger partial charge is 0.314 e. The minimum atomic E-state index is -0.936. The first-order valence-electron chi connectivity index (χ1n) is 4.34. The fourth-order valence-corrected chi connectivity index (χ4v) is 1.39. The van der Waals surface area contributed by atoms with Gasteiger partial charge in [0, 0.05) is 12.1 Å². The second-order valence-corrected chi connectivity index (χ2v) is 3.21. The van der Waals surface area contributed by atoms with Crippen LogP contribution in [0.25, 0.3) is 11.0 Å². The Morgan fingerprint density at radius 3 is 2.73 bits per heavy atom. The highest BCUT2D eigenvalue weighted by molar-refractivity contribution is 5.75. The summed E-state index contributed by atoms with van der Waals surface area (Å²) >= 11 is 0. The monoisotopic (exact) mass is 207 g/mol. The van der Waals surface area contributed by atoms with Gasteiger partial charge in [-0.1, -0.05) is 0 Å². The van der Waals surface area contributed by atoms with Crippen molar-refractivity contribution in [3.05, 3.63) is 30.1 Å². The second-order valence-electron chi connectivity index (χ2n) is 3.21. The molecule has 0 aliphatic rings. The molecule has 1 unspecified atom stereocenters. The van der Waals surface area contributed by atoms with Crippen molar-refractivity contribution >= 4 is 11.0 Å². The lowest BCUT2D eigenvalue weighted by Crippen LogP contribution is -2.00. The van der Waals surface area contributed by atoms with Gasteiger partial charge in [-0.2, -0.15) is 5.26 Å². The Morgan fingerprint density at radius 2 is 2.07 bits per heavy atom. The van der Waals surface area contributed by atoms with E-state index in [0.717, 1.165) is 12.1 Å². The summed E-state index contributed by atoms with van der Waals surface area (Å²) in [5.74, 6) is -1.87. The predicted molar refractivity (Wildman–Crippen MR) is 50.0 cm³/mol. The van der Waals surface area contributed by atoms with Crippen molar-refractivity contribution in [1.82, 2.24) is 9.55 Å². The molecule has 1 heterocycles. The zero-order chi connectivity index (χ0) is 11.0. The van der Waals surface area contributed by atoms with Crippen molar-refractivity contribution in [2.45, 2.75) is 13.0 Å². The number of aromatic nitrogens is 2. The topological polar surface area (TPSA) is 41.6 Å². The molecule has 1 atom stereocenters. The number of benzene rings is 1. The third-order valence-corrected chi connectivity index (χ3v) is 2.22. The normalized spacial score (nSPS) is 12.7. The summed E-state index contributed by atoms with van der Waals surface area (Å²) in [4.78, 5) is 3.89. The first-order valence-corrected chi connectivity index (χ1v) is 4.34. The van der Waals surface area contributed by atoms with E-state index in [0.29, 0.717) is 11.0 Å². The van der Waals surface area contributed by atoms with Gasteiger partial charge in [-0.25, -0.2) is 13.8 Å². The highest BCUT2D eigenvalue weighted by Crippen LogP contribution is 2.20. The number of imidazole rings is 1. The Hall–Kier alpha value is -1.96. The molecule has 0 aliphatic carbocycles. The molecule has 5 heteroatoms. The van der Waals surface area contributed by atoms with E-state index < -0.39 is 17.7 Å². The molecule has 1 aromatic carbocycles. The molecule has 0 bridgehead atoms. The van der Waals surface area contributed by atoms with Crippen LogP contribution >= 0.6 is 0 Å². The smallest absolute Gasteiger partial charge is 0.161 e. The summed E-state index contributed by atoms with van der Waals surface area (Å²) in [6, 6.07) is 3.61. The van der Waals surface area contributed by atoms with Crippen molar-refractivity contribution < 1.29 is 8.78 Å². The standard InChI is InChI=1S/C10H7F2N3/c1-6(4-13)15-5-14-9-2-7(11)8(12)3-10(9)15/h2-3,5-6H,1H3. The van der Waals surface area contributed by atoms with Crippen LogP contribution in [-0.4, -0.2) is 9.55 Å². The van der Waals surface area contributed by atoms with Gasteiger partial charge in [0.2, 0.25) is 0 Å². The molecule has 0 saturated carbocycles. The average molecular weight is 207 g/mol. The van der Waals surface area contributed by atoms with Crippen molar-refractivity contribution in [2.24, 2.45) is 0 Å². The van der Waals surface area contributed by atoms with Crippen LogP contribution in [0.4, 0.5) is 8.78 Å². The lowest BCUT2D eigenvalue weighted by molar-refractivity contribution is 0.510. The number of nitrogens with zero attached hydrogens (tertiary/aromatic N) is 3. The Bertz CT molecular complexity index is 554. The zero-order valence-electron chi connectivity index (χ0n) is 7.91. The molecular weight excluding hydrogens is 200 g/mol. The molecule has 1 aromatic heterocycles. The molecule has 0 amide bonds. The van der Waals surface area contributed by atoms with Crippen LogP contribution in [0.2, 0.25) is 0 Å². The van der Waals surface area contributed by atoms with Gasteiger partial charge in [0.1, 0.15) is 6.04 Å². The number of halogens is 2. The Labute approximate surface area is 84.6 Å². The minimum Gasteiger partial charge on any atom is -0.314 e. The van der Waals surface area contributed by atoms with Crippen LogP contribution in [0.15, 0.2) is 18.5 Å². The SMILES string of the molecule is CC(C#N)n1cnc2cc(F)c(F)cc21. The number of fused-ring (bicyclic) bond motifs is 1. The van der Waals surface area contributed by atoms with Crippen LogP contribution in [0.5, 0.6) is 0 Å². The molecule has 0 fully saturated rings. The fourth-order valence-electron chi connectivity index (χ4n) is 1.39. The minimum absolute atomic E-state index is 0.344. The fraction of sp³-hybridized carbons (Fsp3) is 0.200. The van der Waals surface area contributed by atoms with Crippen molar-refractivity contribution in [1.29, 1.82) is 5.26 Å². The maximum Gasteiger partial charge on any atom is 0.161 e. The van der Waals surface area contributed by atoms with Gasteiger partial charge in [0.05, 0.1) is 23.4 Å². The third-order valence-electron chi connectivity index (χ3n) is 2.22. The van der Waals surface area contributed by atoms with Gasteiger partial charge < -0.3 is 4.57 Å². The summed E-state index contributed by atoms with van der Waals surface area (Å²) in [5.41, 5.74) is 0.763. The highest BCUT2D eigenvalue weighted by atomic mass is 19.2. The second kappa shape index (κ2) is 3.31. The summed E-state index contributed by atoms with van der Waals surface area (Å²) in [7, 11) is 0. The number of rotatable bonds is 1. The lowest BCUT2D eigenvalue weighted by atomic mass is 10.2. The van der Waals surface area contributed by atoms with E-state index in [2.05, 4.69) is 4.98 Å². The van der Waals surface area contributed by atoms with Crippen molar-refractivity contribution in [2.75, 3.05) is 0 Å². The Kier molecular flexibility index (Phi) is 2.12. The van der Waals surface area contributed by atoms with Crippen LogP contribution in [0.1, 0.15) is 13.0 Å². The van der Waals surface area contributed by atoms with E-state index >= 15 is 0 Å². The molecule has 0 N–H and O–H groups in total. The van der Waals surface area contributed by atoms with E-state index in [1.54, 1.807) is 6.92 Å². The zero-order valence-corrected chi connectivity index (χ0v) is 7.91. The van der Waals surface area contributed by atoms with Crippen LogP contribution < -0.4 is 0 Å². The summed E-state index contributed by atoms with van der Waals surface area (Å²) in [6.45, 7) is 1.66. The predicted octanol–water partition coefficient (Wildman–Crippen LogP) is 2.40. The number of hydrogen-bond donors (Lipinski definition) is 0. The van der Waals surface area contributed by atoms with Crippen molar-refractivity contribution in [3.63, 3.8) is 0 Å². The quantitative estimate of drug-likeness (QED) is 0.720. The Balaban J connectivity index is 2.71. The maximum atomic E-state index is 13.0. The summed E-state index contributed by atoms with van der Waals surface area (Å²) < 4.78 is 27.3. The number of hydrogen-bond acceptors (Lipinski definition) is 2. The lowest BCUT2D eigenvalue weighted by Gasteiger charge is -2.05. The molecule has 3 nitrogen and oxygen atoms in total. The molecule has 15 heavy (non-hydrogen) atoms. The third kappa shape index (κ3) is 1.44. The van der Waals surface area contributed by atoms with Gasteiger partial charge >= 0.3 is 0 Å². The molecule has 0 spiro atoms. The first-order chi connectivity index (χ1) is 7.13. The highest BCUT2D eigenvalue weighted by Gasteiger charge is 2.11. The molecule has 2 rings (SSSR count). The first kappa shape index (κ1) is 9.59. The van der Waals surface area contributed by atoms with Crippen LogP contribution in [-0.2, 0) is 0 Å². The van der Waals surface area contributed by atoms with E-state index in [4.69, 9.17) is 5.26 Å². The maximum absolute atomic E-state index is 13.0. The molecule has 2 aromatic rings. The van der Waals surface area contributed by atoms with Gasteiger partial charge in [-0.05, 0) is 6.92 Å². The average Bonchev–Trinajstić information content (AvgIpc) is 2.61. The summed E-state index contributed by atoms with van der Waals surface area (Å²) in [5, 5.41) is 8.72. The van der Waals surface area contributed by atoms with Crippen LogP contribution in [0.3, 0.4) is 0 Å². The number of nitriles is 1. The van der Waals surface area contributed by atoms with Crippen molar-refractivity contribution in [3.8, 4) is 6.07 Å². The van der Waals surface area contributed by atoms with Gasteiger partial charge in [-0.3, -0.25) is 0 Å². The van der Waals surface area contributed by atoms with Crippen LogP contribution in [0, 0.1) is 23.0 Å².